The van der Waals surface area contributed by atoms with Gasteiger partial charge in [0.2, 0.25) is 11.8 Å². The average molecular weight is 439 g/mol. The number of carbonyl (C=O) groups excluding carboxylic acids is 2. The number of benzene rings is 1. The number of hydrogen-bond acceptors (Lipinski definition) is 4. The van der Waals surface area contributed by atoms with Crippen LogP contribution in [0.15, 0.2) is 41.2 Å². The van der Waals surface area contributed by atoms with Gasteiger partial charge in [0.05, 0.1) is 18.0 Å². The number of pyridine rings is 1. The summed E-state index contributed by atoms with van der Waals surface area (Å²) >= 11 is 0. The van der Waals surface area contributed by atoms with Gasteiger partial charge in [-0.1, -0.05) is 12.1 Å². The Balaban J connectivity index is 1.59. The van der Waals surface area contributed by atoms with Gasteiger partial charge in [0.15, 0.2) is 0 Å². The zero-order chi connectivity index (χ0) is 22.6. The number of rotatable bonds is 5. The summed E-state index contributed by atoms with van der Waals surface area (Å²) in [6.45, 7) is 1.97. The van der Waals surface area contributed by atoms with Gasteiger partial charge in [-0.2, -0.15) is 0 Å². The number of aliphatic hydroxyl groups excluding tert-OH is 1. The van der Waals surface area contributed by atoms with Crippen LogP contribution in [-0.2, 0) is 16.1 Å². The number of carbonyl (C=O) groups is 2. The van der Waals surface area contributed by atoms with Crippen molar-refractivity contribution >= 4 is 11.8 Å². The van der Waals surface area contributed by atoms with Crippen molar-refractivity contribution < 1.29 is 19.1 Å². The van der Waals surface area contributed by atoms with Crippen molar-refractivity contribution in [2.24, 2.45) is 17.8 Å². The summed E-state index contributed by atoms with van der Waals surface area (Å²) in [6.07, 6.45) is 2.20. The monoisotopic (exact) mass is 439 g/mol. The minimum atomic E-state index is -0.638. The van der Waals surface area contributed by atoms with Crippen LogP contribution in [0.2, 0.25) is 0 Å². The van der Waals surface area contributed by atoms with E-state index in [1.807, 2.05) is 0 Å². The molecule has 1 saturated heterocycles. The number of halogens is 1. The van der Waals surface area contributed by atoms with Crippen LogP contribution in [0.1, 0.15) is 31.5 Å². The SMILES string of the molecule is CC(=O)N1[C@@H]2Cn3c(ccc(-c4cccc(F)c4)c3=O)[C@H]1[C@@H](C(=O)NCC1CC1)[C@@H]2CO. The normalized spacial score (nSPS) is 26.0. The third kappa shape index (κ3) is 3.33. The summed E-state index contributed by atoms with van der Waals surface area (Å²) in [4.78, 5) is 40.8. The first-order valence-electron chi connectivity index (χ1n) is 11.1. The molecule has 2 aromatic rings. The van der Waals surface area contributed by atoms with Crippen molar-refractivity contribution in [1.82, 2.24) is 14.8 Å². The molecule has 168 valence electrons. The zero-order valence-corrected chi connectivity index (χ0v) is 17.8. The standard InChI is InChI=1S/C24H26FN3O4/c1-13(30)28-20-11-27-19(8-7-17(24(27)32)15-3-2-4-16(25)9-15)22(28)21(18(20)12-29)23(31)26-10-14-5-6-14/h2-4,7-9,14,18,20-22,29H,5-6,10-12H2,1H3,(H,26,31)/t18-,20-,21+,22+/m1/s1. The zero-order valence-electron chi connectivity index (χ0n) is 17.8. The van der Waals surface area contributed by atoms with Gasteiger partial charge in [0, 0.05) is 43.8 Å². The maximum absolute atomic E-state index is 13.7. The summed E-state index contributed by atoms with van der Waals surface area (Å²) in [6, 6.07) is 8.15. The highest BCUT2D eigenvalue weighted by Gasteiger charge is 2.56. The Morgan fingerprint density at radius 1 is 1.22 bits per heavy atom. The van der Waals surface area contributed by atoms with Crippen LogP contribution in [0.3, 0.4) is 0 Å². The third-order valence-corrected chi connectivity index (χ3v) is 7.11. The highest BCUT2D eigenvalue weighted by molar-refractivity contribution is 5.83. The van der Waals surface area contributed by atoms with Crippen LogP contribution in [0.4, 0.5) is 4.39 Å². The van der Waals surface area contributed by atoms with E-state index in [-0.39, 0.29) is 30.5 Å². The van der Waals surface area contributed by atoms with Crippen molar-refractivity contribution in [3.63, 3.8) is 0 Å². The molecule has 7 nitrogen and oxygen atoms in total. The Labute approximate surface area is 184 Å². The molecule has 3 heterocycles. The largest absolute Gasteiger partial charge is 0.396 e. The number of aliphatic hydroxyl groups is 1. The Morgan fingerprint density at radius 2 is 2.00 bits per heavy atom. The molecule has 0 radical (unpaired) electrons. The Hall–Kier alpha value is -3.00. The van der Waals surface area contributed by atoms with Gasteiger partial charge in [-0.25, -0.2) is 4.39 Å². The lowest BCUT2D eigenvalue weighted by Crippen LogP contribution is -2.48. The van der Waals surface area contributed by atoms with E-state index < -0.39 is 29.7 Å². The molecule has 1 aromatic carbocycles. The van der Waals surface area contributed by atoms with Crippen LogP contribution in [0.25, 0.3) is 11.1 Å². The summed E-state index contributed by atoms with van der Waals surface area (Å²) in [5.41, 5.74) is 1.12. The van der Waals surface area contributed by atoms with Crippen molar-refractivity contribution in [2.75, 3.05) is 13.2 Å². The van der Waals surface area contributed by atoms with E-state index in [4.69, 9.17) is 0 Å². The fourth-order valence-corrected chi connectivity index (χ4v) is 5.40. The number of hydrogen-bond donors (Lipinski definition) is 2. The first kappa shape index (κ1) is 20.9. The molecule has 2 bridgehead atoms. The van der Waals surface area contributed by atoms with E-state index in [9.17, 15) is 23.9 Å². The highest BCUT2D eigenvalue weighted by Crippen LogP contribution is 2.48. The second-order valence-corrected chi connectivity index (χ2v) is 9.10. The predicted octanol–water partition coefficient (Wildman–Crippen LogP) is 1.69. The van der Waals surface area contributed by atoms with E-state index in [1.54, 1.807) is 33.7 Å². The van der Waals surface area contributed by atoms with E-state index in [2.05, 4.69) is 5.32 Å². The molecule has 32 heavy (non-hydrogen) atoms. The quantitative estimate of drug-likeness (QED) is 0.742. The fraction of sp³-hybridized carbons (Fsp3) is 0.458. The summed E-state index contributed by atoms with van der Waals surface area (Å²) in [5.74, 6) is -1.42. The van der Waals surface area contributed by atoms with Gasteiger partial charge in [-0.3, -0.25) is 14.4 Å². The molecule has 0 spiro atoms. The van der Waals surface area contributed by atoms with Gasteiger partial charge in [-0.15, -0.1) is 0 Å². The number of fused-ring (bicyclic) bond motifs is 4. The Morgan fingerprint density at radius 3 is 2.66 bits per heavy atom. The average Bonchev–Trinajstić information content (AvgIpc) is 3.56. The van der Waals surface area contributed by atoms with Crippen LogP contribution in [0, 0.1) is 23.6 Å². The van der Waals surface area contributed by atoms with Gasteiger partial charge < -0.3 is 19.9 Å². The molecule has 5 rings (SSSR count). The lowest BCUT2D eigenvalue weighted by Gasteiger charge is -2.37. The van der Waals surface area contributed by atoms with Gasteiger partial charge in [-0.05, 0) is 48.6 Å². The number of nitrogens with zero attached hydrogens (tertiary/aromatic N) is 2. The molecule has 8 heteroatoms. The van der Waals surface area contributed by atoms with E-state index >= 15 is 0 Å². The first-order chi connectivity index (χ1) is 15.4. The molecule has 1 aliphatic carbocycles. The molecule has 1 aromatic heterocycles. The molecular weight excluding hydrogens is 413 g/mol. The van der Waals surface area contributed by atoms with Crippen LogP contribution >= 0.6 is 0 Å². The lowest BCUT2D eigenvalue weighted by atomic mass is 9.86. The number of nitrogens with one attached hydrogen (secondary N) is 1. The van der Waals surface area contributed by atoms with E-state index in [1.165, 1.54) is 19.1 Å². The smallest absolute Gasteiger partial charge is 0.258 e. The number of aromatic nitrogens is 1. The van der Waals surface area contributed by atoms with Crippen molar-refractivity contribution in [1.29, 1.82) is 0 Å². The van der Waals surface area contributed by atoms with E-state index in [0.717, 1.165) is 12.8 Å². The maximum Gasteiger partial charge on any atom is 0.258 e. The predicted molar refractivity (Wildman–Crippen MR) is 115 cm³/mol. The summed E-state index contributed by atoms with van der Waals surface area (Å²) in [5, 5.41) is 13.2. The first-order valence-corrected chi connectivity index (χ1v) is 11.1. The molecule has 2 fully saturated rings. The molecule has 3 aliphatic rings. The number of amides is 2. The van der Waals surface area contributed by atoms with Gasteiger partial charge in [0.25, 0.3) is 5.56 Å². The van der Waals surface area contributed by atoms with Crippen molar-refractivity contribution in [3.05, 3.63) is 58.3 Å². The van der Waals surface area contributed by atoms with E-state index in [0.29, 0.717) is 29.3 Å². The minimum absolute atomic E-state index is 0.186. The minimum Gasteiger partial charge on any atom is -0.396 e. The fourth-order valence-electron chi connectivity index (χ4n) is 5.40. The topological polar surface area (TPSA) is 91.6 Å². The molecule has 0 unspecified atom stereocenters. The van der Waals surface area contributed by atoms with Crippen molar-refractivity contribution in [3.8, 4) is 11.1 Å². The van der Waals surface area contributed by atoms with Crippen LogP contribution < -0.4 is 10.9 Å². The lowest BCUT2D eigenvalue weighted by molar-refractivity contribution is -0.134. The van der Waals surface area contributed by atoms with Crippen LogP contribution in [-0.4, -0.2) is 45.6 Å². The maximum atomic E-state index is 13.7. The second kappa shape index (κ2) is 7.85. The van der Waals surface area contributed by atoms with Gasteiger partial charge in [0.1, 0.15) is 5.82 Å². The molecule has 1 saturated carbocycles. The Kier molecular flexibility index (Phi) is 5.12. The molecule has 2 N–H and O–H groups in total. The van der Waals surface area contributed by atoms with Gasteiger partial charge >= 0.3 is 0 Å². The summed E-state index contributed by atoms with van der Waals surface area (Å²) < 4.78 is 15.3. The molecule has 4 atom stereocenters. The third-order valence-electron chi connectivity index (χ3n) is 7.11. The highest BCUT2D eigenvalue weighted by atomic mass is 19.1. The van der Waals surface area contributed by atoms with Crippen LogP contribution in [0.5, 0.6) is 0 Å². The molecule has 2 amide bonds. The molecular formula is C24H26FN3O4. The van der Waals surface area contributed by atoms with Crippen molar-refractivity contribution in [2.45, 2.75) is 38.4 Å². The Bertz CT molecular complexity index is 1140. The second-order valence-electron chi connectivity index (χ2n) is 9.10. The summed E-state index contributed by atoms with van der Waals surface area (Å²) in [7, 11) is 0. The molecule has 2 aliphatic heterocycles.